The van der Waals surface area contributed by atoms with Crippen LogP contribution in [0.15, 0.2) is 42.5 Å². The fourth-order valence-corrected chi connectivity index (χ4v) is 2.59. The molecule has 0 aliphatic heterocycles. The Balaban J connectivity index is 1.74. The van der Waals surface area contributed by atoms with Gasteiger partial charge in [0.2, 0.25) is 5.91 Å². The van der Waals surface area contributed by atoms with E-state index in [-0.39, 0.29) is 11.9 Å². The fourth-order valence-electron chi connectivity index (χ4n) is 2.47. The number of hydrogen-bond acceptors (Lipinski definition) is 5. The molecule has 0 fully saturated rings. The summed E-state index contributed by atoms with van der Waals surface area (Å²) in [5, 5.41) is 6.80. The van der Waals surface area contributed by atoms with E-state index in [1.54, 1.807) is 44.6 Å². The van der Waals surface area contributed by atoms with Crippen LogP contribution in [0.2, 0.25) is 5.02 Å². The molecule has 0 bridgehead atoms. The Kier molecular flexibility index (Phi) is 8.23. The van der Waals surface area contributed by atoms with E-state index in [0.29, 0.717) is 41.8 Å². The van der Waals surface area contributed by atoms with E-state index >= 15 is 0 Å². The number of ether oxygens (including phenoxy) is 3. The highest BCUT2D eigenvalue weighted by atomic mass is 35.5. The van der Waals surface area contributed by atoms with Gasteiger partial charge < -0.3 is 24.8 Å². The molecule has 0 aliphatic carbocycles. The van der Waals surface area contributed by atoms with Crippen LogP contribution in [-0.4, -0.2) is 39.3 Å². The minimum absolute atomic E-state index is 0.00424. The summed E-state index contributed by atoms with van der Waals surface area (Å²) in [4.78, 5) is 12.3. The van der Waals surface area contributed by atoms with Gasteiger partial charge in [0.05, 0.1) is 19.9 Å². The Morgan fingerprint density at radius 2 is 1.78 bits per heavy atom. The number of anilines is 1. The first-order chi connectivity index (χ1) is 13.0. The molecule has 2 aromatic rings. The van der Waals surface area contributed by atoms with E-state index in [4.69, 9.17) is 25.8 Å². The minimum atomic E-state index is -0.111. The van der Waals surface area contributed by atoms with Crippen LogP contribution >= 0.6 is 11.6 Å². The summed E-state index contributed by atoms with van der Waals surface area (Å²) < 4.78 is 16.1. The molecule has 0 aliphatic rings. The zero-order valence-corrected chi connectivity index (χ0v) is 16.5. The van der Waals surface area contributed by atoms with Crippen molar-refractivity contribution in [3.8, 4) is 17.2 Å². The average Bonchev–Trinajstić information content (AvgIpc) is 2.66. The largest absolute Gasteiger partial charge is 0.497 e. The standard InChI is InChI=1S/C20H25ClN2O4/c1-14(22-10-11-27-16-6-4-15(21)5-7-16)12-20(24)23-18-13-17(25-2)8-9-19(18)26-3/h4-9,13-14,22H,10-12H2,1-3H3,(H,23,24). The normalized spacial score (nSPS) is 11.6. The lowest BCUT2D eigenvalue weighted by molar-refractivity contribution is -0.116. The topological polar surface area (TPSA) is 68.8 Å². The van der Waals surface area contributed by atoms with Crippen LogP contribution in [0.3, 0.4) is 0 Å². The summed E-state index contributed by atoms with van der Waals surface area (Å²) >= 11 is 5.84. The van der Waals surface area contributed by atoms with Gasteiger partial charge in [-0.3, -0.25) is 4.79 Å². The summed E-state index contributed by atoms with van der Waals surface area (Å²) in [6.07, 6.45) is 0.321. The van der Waals surface area contributed by atoms with E-state index in [9.17, 15) is 4.79 Å². The molecular weight excluding hydrogens is 368 g/mol. The molecule has 1 amide bonds. The maximum absolute atomic E-state index is 12.3. The van der Waals surface area contributed by atoms with Crippen LogP contribution in [0.5, 0.6) is 17.2 Å². The lowest BCUT2D eigenvalue weighted by atomic mass is 10.2. The van der Waals surface area contributed by atoms with E-state index in [1.165, 1.54) is 0 Å². The number of amides is 1. The number of rotatable bonds is 10. The third-order valence-corrected chi connectivity index (χ3v) is 4.10. The Morgan fingerprint density at radius 3 is 2.44 bits per heavy atom. The van der Waals surface area contributed by atoms with Crippen molar-refractivity contribution in [3.63, 3.8) is 0 Å². The SMILES string of the molecule is COc1ccc(OC)c(NC(=O)CC(C)NCCOc2ccc(Cl)cc2)c1. The summed E-state index contributed by atoms with van der Waals surface area (Å²) in [5.74, 6) is 1.88. The molecule has 0 heterocycles. The summed E-state index contributed by atoms with van der Waals surface area (Å²) in [7, 11) is 3.13. The van der Waals surface area contributed by atoms with Gasteiger partial charge in [0.15, 0.2) is 0 Å². The van der Waals surface area contributed by atoms with Crippen molar-refractivity contribution in [1.29, 1.82) is 0 Å². The van der Waals surface area contributed by atoms with Crippen molar-refractivity contribution in [1.82, 2.24) is 5.32 Å². The summed E-state index contributed by atoms with van der Waals surface area (Å²) in [6.45, 7) is 3.07. The van der Waals surface area contributed by atoms with Gasteiger partial charge in [-0.05, 0) is 43.3 Å². The van der Waals surface area contributed by atoms with E-state index in [2.05, 4.69) is 10.6 Å². The van der Waals surface area contributed by atoms with E-state index < -0.39 is 0 Å². The van der Waals surface area contributed by atoms with Gasteiger partial charge >= 0.3 is 0 Å². The molecule has 0 saturated heterocycles. The third kappa shape index (κ3) is 7.00. The Labute approximate surface area is 164 Å². The molecule has 1 atom stereocenters. The van der Waals surface area contributed by atoms with E-state index in [1.807, 2.05) is 19.1 Å². The first-order valence-corrected chi connectivity index (χ1v) is 9.03. The molecule has 2 N–H and O–H groups in total. The number of hydrogen-bond donors (Lipinski definition) is 2. The molecule has 2 aromatic carbocycles. The molecule has 0 spiro atoms. The van der Waals surface area contributed by atoms with Gasteiger partial charge in [-0.15, -0.1) is 0 Å². The molecule has 2 rings (SSSR count). The van der Waals surface area contributed by atoms with Crippen molar-refractivity contribution in [2.75, 3.05) is 32.7 Å². The Morgan fingerprint density at radius 1 is 1.07 bits per heavy atom. The van der Waals surface area contributed by atoms with Crippen LogP contribution in [0.4, 0.5) is 5.69 Å². The highest BCUT2D eigenvalue weighted by molar-refractivity contribution is 6.30. The second-order valence-electron chi connectivity index (χ2n) is 5.98. The number of carbonyl (C=O) groups is 1. The highest BCUT2D eigenvalue weighted by Gasteiger charge is 2.12. The zero-order valence-electron chi connectivity index (χ0n) is 15.8. The van der Waals surface area contributed by atoms with Crippen LogP contribution in [-0.2, 0) is 4.79 Å². The number of nitrogens with one attached hydrogen (secondary N) is 2. The van der Waals surface area contributed by atoms with Gasteiger partial charge in [-0.2, -0.15) is 0 Å². The quantitative estimate of drug-likeness (QED) is 0.603. The highest BCUT2D eigenvalue weighted by Crippen LogP contribution is 2.29. The molecule has 0 saturated carbocycles. The first kappa shape index (κ1) is 20.9. The molecule has 0 radical (unpaired) electrons. The zero-order chi connectivity index (χ0) is 19.6. The predicted octanol–water partition coefficient (Wildman–Crippen LogP) is 3.74. The molecular formula is C20H25ClN2O4. The van der Waals surface area contributed by atoms with Gasteiger partial charge in [0, 0.05) is 30.1 Å². The van der Waals surface area contributed by atoms with Crippen LogP contribution < -0.4 is 24.8 Å². The second-order valence-corrected chi connectivity index (χ2v) is 6.41. The maximum atomic E-state index is 12.3. The predicted molar refractivity (Wildman–Crippen MR) is 107 cm³/mol. The van der Waals surface area contributed by atoms with E-state index in [0.717, 1.165) is 5.75 Å². The number of methoxy groups -OCH3 is 2. The van der Waals surface area contributed by atoms with Gasteiger partial charge in [-0.1, -0.05) is 11.6 Å². The average molecular weight is 393 g/mol. The number of carbonyl (C=O) groups excluding carboxylic acids is 1. The molecule has 0 aromatic heterocycles. The monoisotopic (exact) mass is 392 g/mol. The minimum Gasteiger partial charge on any atom is -0.497 e. The Hall–Kier alpha value is -2.44. The van der Waals surface area contributed by atoms with Crippen molar-refractivity contribution < 1.29 is 19.0 Å². The summed E-state index contributed by atoms with van der Waals surface area (Å²) in [6, 6.07) is 12.5. The molecule has 27 heavy (non-hydrogen) atoms. The summed E-state index contributed by atoms with van der Waals surface area (Å²) in [5.41, 5.74) is 0.583. The lowest BCUT2D eigenvalue weighted by Gasteiger charge is -2.16. The lowest BCUT2D eigenvalue weighted by Crippen LogP contribution is -2.33. The van der Waals surface area contributed by atoms with Gasteiger partial charge in [0.1, 0.15) is 23.9 Å². The van der Waals surface area contributed by atoms with Crippen LogP contribution in [0.25, 0.3) is 0 Å². The Bertz CT molecular complexity index is 737. The van der Waals surface area contributed by atoms with Crippen molar-refractivity contribution in [2.24, 2.45) is 0 Å². The molecule has 146 valence electrons. The first-order valence-electron chi connectivity index (χ1n) is 8.65. The van der Waals surface area contributed by atoms with Crippen molar-refractivity contribution in [2.45, 2.75) is 19.4 Å². The van der Waals surface area contributed by atoms with Gasteiger partial charge in [0.25, 0.3) is 0 Å². The second kappa shape index (κ2) is 10.6. The molecule has 7 heteroatoms. The molecule has 1 unspecified atom stereocenters. The number of benzene rings is 2. The fraction of sp³-hybridized carbons (Fsp3) is 0.350. The smallest absolute Gasteiger partial charge is 0.226 e. The molecule has 6 nitrogen and oxygen atoms in total. The van der Waals surface area contributed by atoms with Crippen LogP contribution in [0, 0.1) is 0 Å². The third-order valence-electron chi connectivity index (χ3n) is 3.85. The van der Waals surface area contributed by atoms with Gasteiger partial charge in [-0.25, -0.2) is 0 Å². The van der Waals surface area contributed by atoms with Crippen molar-refractivity contribution in [3.05, 3.63) is 47.5 Å². The maximum Gasteiger partial charge on any atom is 0.226 e. The van der Waals surface area contributed by atoms with Crippen LogP contribution in [0.1, 0.15) is 13.3 Å². The number of halogens is 1. The van der Waals surface area contributed by atoms with Crippen molar-refractivity contribution >= 4 is 23.2 Å².